The lowest BCUT2D eigenvalue weighted by molar-refractivity contribution is -0.121. The predicted molar refractivity (Wildman–Crippen MR) is 64.8 cm³/mol. The Balaban J connectivity index is 2.19. The van der Waals surface area contributed by atoms with Crippen molar-refractivity contribution in [3.8, 4) is 0 Å². The maximum absolute atomic E-state index is 11.4. The van der Waals surface area contributed by atoms with Gasteiger partial charge in [0.25, 0.3) is 0 Å². The van der Waals surface area contributed by atoms with E-state index in [9.17, 15) is 4.79 Å². The predicted octanol–water partition coefficient (Wildman–Crippen LogP) is 0.350. The summed E-state index contributed by atoms with van der Waals surface area (Å²) in [6.07, 6.45) is 3.66. The summed E-state index contributed by atoms with van der Waals surface area (Å²) in [6.45, 7) is 3.48. The van der Waals surface area contributed by atoms with Crippen LogP contribution < -0.4 is 10.6 Å². The molecule has 0 radical (unpaired) electrons. The van der Waals surface area contributed by atoms with Crippen molar-refractivity contribution in [2.45, 2.75) is 13.3 Å². The minimum absolute atomic E-state index is 0.00362. The van der Waals surface area contributed by atoms with Gasteiger partial charge in [-0.05, 0) is 6.92 Å². The lowest BCUT2D eigenvalue weighted by Gasteiger charge is -2.07. The zero-order valence-electron chi connectivity index (χ0n) is 10.2. The summed E-state index contributed by atoms with van der Waals surface area (Å²) >= 11 is 0. The van der Waals surface area contributed by atoms with Gasteiger partial charge >= 0.3 is 0 Å². The number of carbonyl (C=O) groups excluding carboxylic acids is 1. The zero-order valence-corrected chi connectivity index (χ0v) is 10.2. The number of ether oxygens (including phenoxy) is 1. The molecule has 0 aliphatic heterocycles. The first-order valence-corrected chi connectivity index (χ1v) is 5.51. The van der Waals surface area contributed by atoms with E-state index in [0.29, 0.717) is 26.1 Å². The van der Waals surface area contributed by atoms with Gasteiger partial charge in [-0.1, -0.05) is 0 Å². The van der Waals surface area contributed by atoms with E-state index in [2.05, 4.69) is 20.6 Å². The van der Waals surface area contributed by atoms with Crippen LogP contribution in [0.1, 0.15) is 12.1 Å². The molecule has 0 fully saturated rings. The van der Waals surface area contributed by atoms with Crippen molar-refractivity contribution in [3.63, 3.8) is 0 Å². The number of nitrogens with zero attached hydrogens (tertiary/aromatic N) is 2. The highest BCUT2D eigenvalue weighted by Crippen LogP contribution is 2.05. The highest BCUT2D eigenvalue weighted by Gasteiger charge is 2.02. The van der Waals surface area contributed by atoms with E-state index in [4.69, 9.17) is 4.74 Å². The summed E-state index contributed by atoms with van der Waals surface area (Å²) < 4.78 is 4.83. The Hall–Kier alpha value is -1.69. The van der Waals surface area contributed by atoms with Gasteiger partial charge < -0.3 is 15.4 Å². The fraction of sp³-hybridized carbons (Fsp3) is 0.545. The Morgan fingerprint density at radius 2 is 2.12 bits per heavy atom. The Kier molecular flexibility index (Phi) is 5.95. The average molecular weight is 238 g/mol. The number of nitrogens with one attached hydrogen (secondary N) is 2. The number of aryl methyl sites for hydroxylation is 1. The number of methoxy groups -OCH3 is 1. The summed E-state index contributed by atoms with van der Waals surface area (Å²) in [6, 6.07) is 0. The largest absolute Gasteiger partial charge is 0.383 e. The van der Waals surface area contributed by atoms with Gasteiger partial charge in [0.15, 0.2) is 0 Å². The molecular formula is C11H18N4O2. The highest BCUT2D eigenvalue weighted by molar-refractivity contribution is 5.76. The molecule has 0 aliphatic carbocycles. The first-order valence-electron chi connectivity index (χ1n) is 5.51. The van der Waals surface area contributed by atoms with Gasteiger partial charge in [-0.2, -0.15) is 0 Å². The molecule has 0 atom stereocenters. The Bertz CT molecular complexity index is 357. The standard InChI is InChI=1S/C11H18N4O2/c1-9-11(15-6-5-12-9)14-4-3-10(16)13-7-8-17-2/h5-6H,3-4,7-8H2,1-2H3,(H,13,16)(H,14,15). The molecule has 1 rings (SSSR count). The molecule has 0 saturated carbocycles. The second kappa shape index (κ2) is 7.56. The van der Waals surface area contributed by atoms with Gasteiger partial charge in [0.05, 0.1) is 12.3 Å². The number of hydrogen-bond acceptors (Lipinski definition) is 5. The van der Waals surface area contributed by atoms with Crippen LogP contribution in [-0.2, 0) is 9.53 Å². The molecule has 1 heterocycles. The van der Waals surface area contributed by atoms with Crippen molar-refractivity contribution in [2.75, 3.05) is 32.1 Å². The van der Waals surface area contributed by atoms with E-state index in [1.54, 1.807) is 19.5 Å². The summed E-state index contributed by atoms with van der Waals surface area (Å²) in [5.74, 6) is 0.716. The van der Waals surface area contributed by atoms with Crippen molar-refractivity contribution in [1.82, 2.24) is 15.3 Å². The van der Waals surface area contributed by atoms with E-state index in [0.717, 1.165) is 11.5 Å². The van der Waals surface area contributed by atoms with Crippen molar-refractivity contribution in [3.05, 3.63) is 18.1 Å². The van der Waals surface area contributed by atoms with Gasteiger partial charge in [0.1, 0.15) is 5.82 Å². The molecule has 6 nitrogen and oxygen atoms in total. The fourth-order valence-corrected chi connectivity index (χ4v) is 1.26. The van der Waals surface area contributed by atoms with E-state index in [-0.39, 0.29) is 5.91 Å². The Morgan fingerprint density at radius 1 is 1.35 bits per heavy atom. The van der Waals surface area contributed by atoms with Crippen LogP contribution in [0.3, 0.4) is 0 Å². The van der Waals surface area contributed by atoms with E-state index < -0.39 is 0 Å². The van der Waals surface area contributed by atoms with Crippen molar-refractivity contribution in [1.29, 1.82) is 0 Å². The second-order valence-corrected chi connectivity index (χ2v) is 3.51. The van der Waals surface area contributed by atoms with Gasteiger partial charge in [-0.15, -0.1) is 0 Å². The third-order valence-corrected chi connectivity index (χ3v) is 2.15. The second-order valence-electron chi connectivity index (χ2n) is 3.51. The van der Waals surface area contributed by atoms with Crippen molar-refractivity contribution >= 4 is 11.7 Å². The van der Waals surface area contributed by atoms with Gasteiger partial charge in [-0.3, -0.25) is 9.78 Å². The van der Waals surface area contributed by atoms with E-state index in [1.165, 1.54) is 0 Å². The average Bonchev–Trinajstić information content (AvgIpc) is 2.32. The van der Waals surface area contributed by atoms with Crippen LogP contribution in [0.5, 0.6) is 0 Å². The number of rotatable bonds is 7. The summed E-state index contributed by atoms with van der Waals surface area (Å²) in [7, 11) is 1.60. The SMILES string of the molecule is COCCNC(=O)CCNc1nccnc1C. The Morgan fingerprint density at radius 3 is 2.82 bits per heavy atom. The zero-order chi connectivity index (χ0) is 12.5. The fourth-order valence-electron chi connectivity index (χ4n) is 1.26. The first kappa shape index (κ1) is 13.4. The molecule has 0 saturated heterocycles. The minimum atomic E-state index is -0.00362. The minimum Gasteiger partial charge on any atom is -0.383 e. The molecule has 6 heteroatoms. The maximum atomic E-state index is 11.4. The molecule has 0 aromatic carbocycles. The van der Waals surface area contributed by atoms with Gasteiger partial charge in [0.2, 0.25) is 5.91 Å². The summed E-state index contributed by atoms with van der Waals surface area (Å²) in [5, 5.41) is 5.81. The number of hydrogen-bond donors (Lipinski definition) is 2. The topological polar surface area (TPSA) is 76.1 Å². The monoisotopic (exact) mass is 238 g/mol. The van der Waals surface area contributed by atoms with Gasteiger partial charge in [0, 0.05) is 39.0 Å². The van der Waals surface area contributed by atoms with Gasteiger partial charge in [-0.25, -0.2) is 4.98 Å². The van der Waals surface area contributed by atoms with E-state index >= 15 is 0 Å². The van der Waals surface area contributed by atoms with Crippen LogP contribution in [-0.4, -0.2) is 42.7 Å². The van der Waals surface area contributed by atoms with Crippen LogP contribution in [0.2, 0.25) is 0 Å². The lowest BCUT2D eigenvalue weighted by atomic mass is 10.3. The normalized spacial score (nSPS) is 10.0. The summed E-state index contributed by atoms with van der Waals surface area (Å²) in [5.41, 5.74) is 0.826. The lowest BCUT2D eigenvalue weighted by Crippen LogP contribution is -2.28. The molecule has 1 aromatic rings. The number of aromatic nitrogens is 2. The number of amides is 1. The summed E-state index contributed by atoms with van der Waals surface area (Å²) in [4.78, 5) is 19.6. The quantitative estimate of drug-likeness (QED) is 0.670. The molecule has 0 spiro atoms. The smallest absolute Gasteiger partial charge is 0.221 e. The molecule has 0 unspecified atom stereocenters. The molecule has 0 bridgehead atoms. The van der Waals surface area contributed by atoms with Crippen LogP contribution in [0, 0.1) is 6.92 Å². The van der Waals surface area contributed by atoms with Crippen LogP contribution in [0.15, 0.2) is 12.4 Å². The molecule has 94 valence electrons. The van der Waals surface area contributed by atoms with Crippen molar-refractivity contribution < 1.29 is 9.53 Å². The molecular weight excluding hydrogens is 220 g/mol. The third kappa shape index (κ3) is 5.26. The molecule has 17 heavy (non-hydrogen) atoms. The Labute approximate surface area is 101 Å². The maximum Gasteiger partial charge on any atom is 0.221 e. The molecule has 0 aliphatic rings. The van der Waals surface area contributed by atoms with Crippen LogP contribution >= 0.6 is 0 Å². The number of carbonyl (C=O) groups is 1. The van der Waals surface area contributed by atoms with E-state index in [1.807, 2.05) is 6.92 Å². The molecule has 1 amide bonds. The first-order chi connectivity index (χ1) is 8.24. The number of anilines is 1. The van der Waals surface area contributed by atoms with Crippen LogP contribution in [0.4, 0.5) is 5.82 Å². The molecule has 2 N–H and O–H groups in total. The van der Waals surface area contributed by atoms with Crippen LogP contribution in [0.25, 0.3) is 0 Å². The van der Waals surface area contributed by atoms with Crippen molar-refractivity contribution in [2.24, 2.45) is 0 Å². The third-order valence-electron chi connectivity index (χ3n) is 2.15. The highest BCUT2D eigenvalue weighted by atomic mass is 16.5. The molecule has 1 aromatic heterocycles.